The van der Waals surface area contributed by atoms with Crippen LogP contribution in [-0.4, -0.2) is 19.9 Å². The fourth-order valence-electron chi connectivity index (χ4n) is 26.2. The maximum Gasteiger partial charge on any atom is 0.0794 e. The standard InChI is InChI=1S/C55H34N2.2C42H25N/c1-3-16-35(17-4-1)44-33-51(36-18-5-2-6-19-36)56-34-45(44)37-20-15-21-38(32-37)54-53-42(41-24-10-14-29-50(41)57-54)30-31-49-52(53)43-25-9-13-28-48(43)55(49)46-26-11-7-22-39(46)40-23-8-12-27-47(40)55;1-2-14-27-26(12-1)13-11-19-32(27)41-35-25-39-34(24-33(35)31-18-6-10-23-40(31)43-41)30-17-5-9-22-38(30)42(39)36-20-7-3-15-28(36)29-16-4-8-21-37(29)42;1-2-12-27-23-28(22-21-26(27)11-1)41-35-25-39-34(24-33(35)32-16-6-10-20-40(32)43-41)31-15-5-9-19-38(31)42(39)36-17-7-3-13-29(36)30-14-4-8-18-37(30)42/h1-34H;2*1-25H. The summed E-state index contributed by atoms with van der Waals surface area (Å²) in [7, 11) is 0. The first-order valence-corrected chi connectivity index (χ1v) is 49.6. The van der Waals surface area contributed by atoms with E-state index in [9.17, 15) is 0 Å². The second-order valence-electron chi connectivity index (χ2n) is 38.9. The van der Waals surface area contributed by atoms with Gasteiger partial charge in [0.1, 0.15) is 0 Å². The second kappa shape index (κ2) is 31.3. The van der Waals surface area contributed by atoms with Gasteiger partial charge in [0.25, 0.3) is 0 Å². The van der Waals surface area contributed by atoms with Gasteiger partial charge >= 0.3 is 0 Å². The summed E-state index contributed by atoms with van der Waals surface area (Å²) >= 11 is 0. The van der Waals surface area contributed by atoms with Crippen LogP contribution in [0.25, 0.3) is 221 Å². The first-order chi connectivity index (χ1) is 70.9. The van der Waals surface area contributed by atoms with Gasteiger partial charge in [-0.2, -0.15) is 0 Å². The maximum absolute atomic E-state index is 5.58. The molecule has 0 N–H and O–H groups in total. The number of fused-ring (bicyclic) bond motifs is 42. The van der Waals surface area contributed by atoms with Crippen LogP contribution in [0.5, 0.6) is 0 Å². The number of rotatable bonds is 6. The van der Waals surface area contributed by atoms with Gasteiger partial charge in [-0.15, -0.1) is 0 Å². The van der Waals surface area contributed by atoms with Crippen LogP contribution in [-0.2, 0) is 16.2 Å². The number of aromatic nitrogens is 4. The predicted octanol–water partition coefficient (Wildman–Crippen LogP) is 34.9. The lowest BCUT2D eigenvalue weighted by atomic mass is 9.70. The van der Waals surface area contributed by atoms with E-state index in [0.29, 0.717) is 0 Å². The minimum atomic E-state index is -0.436. The van der Waals surface area contributed by atoms with E-state index in [1.165, 1.54) is 204 Å². The van der Waals surface area contributed by atoms with Crippen LogP contribution in [0.1, 0.15) is 66.8 Å². The van der Waals surface area contributed by atoms with Crippen molar-refractivity contribution < 1.29 is 0 Å². The predicted molar refractivity (Wildman–Crippen MR) is 592 cm³/mol. The Morgan fingerprint density at radius 2 is 0.497 bits per heavy atom. The molecule has 32 rings (SSSR count). The summed E-state index contributed by atoms with van der Waals surface area (Å²) in [6, 6.07) is 184. The molecule has 26 aromatic rings. The lowest BCUT2D eigenvalue weighted by Crippen LogP contribution is -2.25. The van der Waals surface area contributed by atoms with Gasteiger partial charge < -0.3 is 0 Å². The van der Waals surface area contributed by atoms with Crippen LogP contribution in [0.2, 0.25) is 0 Å². The molecule has 0 saturated carbocycles. The Hall–Kier alpha value is -18.5. The molecule has 4 nitrogen and oxygen atoms in total. The summed E-state index contributed by atoms with van der Waals surface area (Å²) in [5, 5.41) is 15.8. The minimum absolute atomic E-state index is 0.375. The molecule has 0 aliphatic heterocycles. The van der Waals surface area contributed by atoms with Crippen LogP contribution >= 0.6 is 0 Å². The monoisotopic (exact) mass is 1810 g/mol. The van der Waals surface area contributed by atoms with Crippen LogP contribution in [0.15, 0.2) is 510 Å². The van der Waals surface area contributed by atoms with Crippen molar-refractivity contribution >= 4 is 86.6 Å². The van der Waals surface area contributed by atoms with E-state index in [0.717, 1.165) is 83.7 Å². The Kier molecular flexibility index (Phi) is 17.6. The molecule has 6 aliphatic carbocycles. The molecule has 0 amide bonds. The molecule has 3 spiro atoms. The highest BCUT2D eigenvalue weighted by Crippen LogP contribution is 2.68. The molecule has 0 atom stereocenters. The van der Waals surface area contributed by atoms with Crippen LogP contribution < -0.4 is 0 Å². The molecule has 660 valence electrons. The third-order valence-corrected chi connectivity index (χ3v) is 32.0. The summed E-state index contributed by atoms with van der Waals surface area (Å²) in [4.78, 5) is 21.4. The van der Waals surface area contributed by atoms with Crippen LogP contribution in [0, 0.1) is 0 Å². The van der Waals surface area contributed by atoms with E-state index in [1.54, 1.807) is 0 Å². The number of nitrogens with zero attached hydrogens (tertiary/aromatic N) is 4. The van der Waals surface area contributed by atoms with E-state index < -0.39 is 5.41 Å². The third-order valence-electron chi connectivity index (χ3n) is 32.0. The van der Waals surface area contributed by atoms with Gasteiger partial charge in [0, 0.05) is 66.3 Å². The molecule has 0 bridgehead atoms. The zero-order valence-electron chi connectivity index (χ0n) is 77.8. The molecule has 4 heteroatoms. The Bertz CT molecular complexity index is 9810. The van der Waals surface area contributed by atoms with E-state index in [-0.39, 0.29) is 10.8 Å². The highest BCUT2D eigenvalue weighted by Gasteiger charge is 2.56. The zero-order chi connectivity index (χ0) is 93.7. The molecular formula is C139H84N4. The molecule has 0 unspecified atom stereocenters. The number of hydrogen-bond donors (Lipinski definition) is 0. The fourth-order valence-corrected chi connectivity index (χ4v) is 26.2. The van der Waals surface area contributed by atoms with Crippen LogP contribution in [0.4, 0.5) is 0 Å². The Morgan fingerprint density at radius 3 is 1.01 bits per heavy atom. The van der Waals surface area contributed by atoms with Crippen molar-refractivity contribution in [3.63, 3.8) is 0 Å². The molecule has 4 heterocycles. The highest BCUT2D eigenvalue weighted by atomic mass is 14.7. The average Bonchev–Trinajstić information content (AvgIpc) is 1.51. The largest absolute Gasteiger partial charge is 0.256 e. The molecule has 6 aliphatic rings. The topological polar surface area (TPSA) is 51.6 Å². The van der Waals surface area contributed by atoms with Gasteiger partial charge in [0.05, 0.1) is 55.6 Å². The van der Waals surface area contributed by atoms with Gasteiger partial charge in [-0.3, -0.25) is 4.98 Å². The number of hydrogen-bond acceptors (Lipinski definition) is 4. The van der Waals surface area contributed by atoms with E-state index in [1.807, 2.05) is 12.3 Å². The van der Waals surface area contributed by atoms with Crippen molar-refractivity contribution in [1.29, 1.82) is 0 Å². The molecule has 0 fully saturated rings. The molecule has 0 radical (unpaired) electrons. The quantitative estimate of drug-likeness (QED) is 0.156. The van der Waals surface area contributed by atoms with E-state index in [4.69, 9.17) is 19.9 Å². The summed E-state index contributed by atoms with van der Waals surface area (Å²) in [6.45, 7) is 0. The van der Waals surface area contributed by atoms with Gasteiger partial charge in [-0.1, -0.05) is 443 Å². The average molecular weight is 1810 g/mol. The molecule has 0 saturated heterocycles. The van der Waals surface area contributed by atoms with Crippen molar-refractivity contribution in [3.8, 4) is 134 Å². The molecule has 22 aromatic carbocycles. The molecule has 143 heavy (non-hydrogen) atoms. The van der Waals surface area contributed by atoms with E-state index >= 15 is 0 Å². The van der Waals surface area contributed by atoms with Gasteiger partial charge in [-0.05, 0) is 249 Å². The number of pyridine rings is 4. The Balaban J connectivity index is 0.000000102. The highest BCUT2D eigenvalue weighted by molar-refractivity contribution is 6.21. The van der Waals surface area contributed by atoms with Gasteiger partial charge in [-0.25, -0.2) is 15.0 Å². The van der Waals surface area contributed by atoms with Crippen molar-refractivity contribution in [3.05, 3.63) is 576 Å². The summed E-state index contributed by atoms with van der Waals surface area (Å²) in [5.74, 6) is 0. The third kappa shape index (κ3) is 11.5. The summed E-state index contributed by atoms with van der Waals surface area (Å²) in [6.07, 6.45) is 2.04. The number of benzene rings is 22. The van der Waals surface area contributed by atoms with Crippen molar-refractivity contribution in [1.82, 2.24) is 19.9 Å². The van der Waals surface area contributed by atoms with E-state index in [2.05, 4.69) is 497 Å². The maximum atomic E-state index is 5.58. The summed E-state index contributed by atoms with van der Waals surface area (Å²) < 4.78 is 0. The van der Waals surface area contributed by atoms with Crippen molar-refractivity contribution in [2.45, 2.75) is 16.2 Å². The SMILES string of the molecule is c1ccc(-c2cc(-c3ccccc3)c(-c3cccc(-c4nc5ccccc5c5ccc6c(c45)-c4ccccc4C64c5ccccc5-c5ccccc54)c3)cn2)cc1.c1ccc2c(c1)-c1ccccc1C21c2ccccc2-c2cc3c(cc21)c(-c1ccc2ccccc2c1)nc1ccccc13.c1ccc2c(c1)-c1ccccc1C21c2ccccc2-c2cc3c(cc21)c(-c1cccc2ccccc12)nc1ccccc13. The smallest absolute Gasteiger partial charge is 0.0794 e. The van der Waals surface area contributed by atoms with Gasteiger partial charge in [0.2, 0.25) is 0 Å². The first-order valence-electron chi connectivity index (χ1n) is 49.6. The van der Waals surface area contributed by atoms with Gasteiger partial charge in [0.15, 0.2) is 0 Å². The normalized spacial score (nSPS) is 13.5. The Morgan fingerprint density at radius 1 is 0.147 bits per heavy atom. The molecule has 4 aromatic heterocycles. The summed E-state index contributed by atoms with van der Waals surface area (Å²) in [5.41, 5.74) is 46.8. The minimum Gasteiger partial charge on any atom is -0.256 e. The Labute approximate surface area is 827 Å². The fraction of sp³-hybridized carbons (Fsp3) is 0.0216. The zero-order valence-corrected chi connectivity index (χ0v) is 77.8. The lowest BCUT2D eigenvalue weighted by Gasteiger charge is -2.30. The lowest BCUT2D eigenvalue weighted by molar-refractivity contribution is 0.794. The first kappa shape index (κ1) is 80.6. The van der Waals surface area contributed by atoms with Crippen molar-refractivity contribution in [2.24, 2.45) is 0 Å². The molecular weight excluding hydrogens is 1730 g/mol. The number of para-hydroxylation sites is 3. The second-order valence-corrected chi connectivity index (χ2v) is 38.9. The van der Waals surface area contributed by atoms with Crippen LogP contribution in [0.3, 0.4) is 0 Å². The van der Waals surface area contributed by atoms with Crippen molar-refractivity contribution in [2.75, 3.05) is 0 Å².